The largest absolute Gasteiger partial charge is 0.399 e. The maximum absolute atomic E-state index is 5.88. The van der Waals surface area contributed by atoms with E-state index in [1.165, 1.54) is 31.5 Å². The van der Waals surface area contributed by atoms with Crippen LogP contribution in [0.15, 0.2) is 24.3 Å². The molecule has 2 heteroatoms. The summed E-state index contributed by atoms with van der Waals surface area (Å²) in [7, 11) is 0. The number of nitrogens with zero attached hydrogens (tertiary/aromatic N) is 1. The van der Waals surface area contributed by atoms with Crippen molar-refractivity contribution in [2.75, 3.05) is 18.8 Å². The van der Waals surface area contributed by atoms with E-state index in [2.05, 4.69) is 36.9 Å². The second-order valence-corrected chi connectivity index (χ2v) is 5.31. The summed E-state index contributed by atoms with van der Waals surface area (Å²) < 4.78 is 0. The minimum atomic E-state index is 0.547. The van der Waals surface area contributed by atoms with Gasteiger partial charge in [-0.25, -0.2) is 0 Å². The maximum atomic E-state index is 5.88. The van der Waals surface area contributed by atoms with E-state index in [9.17, 15) is 0 Å². The predicted molar refractivity (Wildman–Crippen MR) is 73.9 cm³/mol. The smallest absolute Gasteiger partial charge is 0.0346 e. The van der Waals surface area contributed by atoms with Crippen LogP contribution in [0.1, 0.15) is 44.7 Å². The fourth-order valence-electron chi connectivity index (χ4n) is 2.81. The topological polar surface area (TPSA) is 29.3 Å². The quantitative estimate of drug-likeness (QED) is 0.809. The molecule has 2 rings (SSSR count). The number of nitrogen functional groups attached to an aromatic ring is 1. The van der Waals surface area contributed by atoms with Crippen molar-refractivity contribution in [1.29, 1.82) is 0 Å². The number of likely N-dealkylation sites (tertiary alicyclic amines) is 1. The Morgan fingerprint density at radius 1 is 1.35 bits per heavy atom. The molecule has 0 radical (unpaired) electrons. The van der Waals surface area contributed by atoms with Gasteiger partial charge in [-0.2, -0.15) is 0 Å². The fraction of sp³-hybridized carbons (Fsp3) is 0.600. The van der Waals surface area contributed by atoms with Crippen molar-refractivity contribution >= 4 is 5.69 Å². The first-order valence-electron chi connectivity index (χ1n) is 6.80. The van der Waals surface area contributed by atoms with E-state index in [1.807, 2.05) is 6.07 Å². The zero-order chi connectivity index (χ0) is 12.3. The van der Waals surface area contributed by atoms with E-state index in [0.717, 1.165) is 18.0 Å². The molecular formula is C15H24N2. The highest BCUT2D eigenvalue weighted by molar-refractivity contribution is 5.41. The molecule has 1 saturated heterocycles. The number of benzene rings is 1. The average Bonchev–Trinajstić information content (AvgIpc) is 2.33. The lowest BCUT2D eigenvalue weighted by atomic mass is 9.94. The summed E-state index contributed by atoms with van der Waals surface area (Å²) in [4.78, 5) is 2.62. The first-order valence-corrected chi connectivity index (χ1v) is 6.80. The van der Waals surface area contributed by atoms with Gasteiger partial charge in [0.25, 0.3) is 0 Å². The summed E-state index contributed by atoms with van der Waals surface area (Å²) >= 11 is 0. The van der Waals surface area contributed by atoms with Gasteiger partial charge < -0.3 is 5.73 Å². The summed E-state index contributed by atoms with van der Waals surface area (Å²) in [6.07, 6.45) is 3.83. The van der Waals surface area contributed by atoms with Crippen molar-refractivity contribution in [2.45, 2.75) is 39.2 Å². The van der Waals surface area contributed by atoms with Crippen molar-refractivity contribution in [1.82, 2.24) is 4.90 Å². The first-order chi connectivity index (χ1) is 8.20. The Balaban J connectivity index is 2.10. The third-order valence-corrected chi connectivity index (χ3v) is 3.94. The zero-order valence-electron chi connectivity index (χ0n) is 11.0. The molecule has 0 bridgehead atoms. The van der Waals surface area contributed by atoms with Gasteiger partial charge in [0.1, 0.15) is 0 Å². The Bertz CT molecular complexity index is 354. The molecular weight excluding hydrogens is 208 g/mol. The molecule has 0 amide bonds. The summed E-state index contributed by atoms with van der Waals surface area (Å²) in [5.74, 6) is 0.893. The Labute approximate surface area is 105 Å². The van der Waals surface area contributed by atoms with Crippen LogP contribution in [0.5, 0.6) is 0 Å². The molecule has 2 nitrogen and oxygen atoms in total. The van der Waals surface area contributed by atoms with Crippen molar-refractivity contribution in [3.63, 3.8) is 0 Å². The second kappa shape index (κ2) is 5.54. The van der Waals surface area contributed by atoms with Gasteiger partial charge in [-0.15, -0.1) is 0 Å². The summed E-state index contributed by atoms with van der Waals surface area (Å²) in [5, 5.41) is 0. The maximum Gasteiger partial charge on any atom is 0.0346 e. The van der Waals surface area contributed by atoms with Gasteiger partial charge in [-0.1, -0.05) is 26.0 Å². The van der Waals surface area contributed by atoms with Crippen LogP contribution in [-0.4, -0.2) is 18.0 Å². The molecule has 94 valence electrons. The highest BCUT2D eigenvalue weighted by atomic mass is 15.2. The second-order valence-electron chi connectivity index (χ2n) is 5.31. The molecule has 1 aliphatic rings. The lowest BCUT2D eigenvalue weighted by molar-refractivity contribution is 0.134. The highest BCUT2D eigenvalue weighted by Crippen LogP contribution is 2.29. The van der Waals surface area contributed by atoms with Gasteiger partial charge in [-0.3, -0.25) is 4.90 Å². The molecule has 1 fully saturated rings. The number of hydrogen-bond acceptors (Lipinski definition) is 2. The SMILES string of the molecule is CCC(c1cccc(N)c1)N1CCC(C)CC1. The van der Waals surface area contributed by atoms with Gasteiger partial charge in [0.15, 0.2) is 0 Å². The highest BCUT2D eigenvalue weighted by Gasteiger charge is 2.23. The number of piperidine rings is 1. The molecule has 1 aromatic rings. The van der Waals surface area contributed by atoms with E-state index in [1.54, 1.807) is 0 Å². The lowest BCUT2D eigenvalue weighted by Crippen LogP contribution is -2.36. The third kappa shape index (κ3) is 3.01. The van der Waals surface area contributed by atoms with E-state index >= 15 is 0 Å². The van der Waals surface area contributed by atoms with E-state index < -0.39 is 0 Å². The number of rotatable bonds is 3. The minimum absolute atomic E-state index is 0.547. The van der Waals surface area contributed by atoms with Crippen LogP contribution in [0.4, 0.5) is 5.69 Å². The lowest BCUT2D eigenvalue weighted by Gasteiger charge is -2.36. The first kappa shape index (κ1) is 12.4. The average molecular weight is 232 g/mol. The normalized spacial score (nSPS) is 20.4. The van der Waals surface area contributed by atoms with Crippen molar-refractivity contribution < 1.29 is 0 Å². The molecule has 0 saturated carbocycles. The molecule has 17 heavy (non-hydrogen) atoms. The van der Waals surface area contributed by atoms with Crippen LogP contribution in [-0.2, 0) is 0 Å². The van der Waals surface area contributed by atoms with Crippen LogP contribution >= 0.6 is 0 Å². The van der Waals surface area contributed by atoms with Gasteiger partial charge in [-0.05, 0) is 56.0 Å². The summed E-state index contributed by atoms with van der Waals surface area (Å²) in [6, 6.07) is 8.93. The zero-order valence-corrected chi connectivity index (χ0v) is 11.0. The molecule has 0 spiro atoms. The Morgan fingerprint density at radius 3 is 2.65 bits per heavy atom. The van der Waals surface area contributed by atoms with Crippen LogP contribution in [0.3, 0.4) is 0 Å². The molecule has 1 unspecified atom stereocenters. The Hall–Kier alpha value is -1.02. The molecule has 1 atom stereocenters. The molecule has 1 heterocycles. The van der Waals surface area contributed by atoms with Crippen molar-refractivity contribution in [3.8, 4) is 0 Å². The van der Waals surface area contributed by atoms with Gasteiger partial charge >= 0.3 is 0 Å². The van der Waals surface area contributed by atoms with Gasteiger partial charge in [0, 0.05) is 11.7 Å². The predicted octanol–water partition coefficient (Wildman–Crippen LogP) is 3.45. The summed E-state index contributed by atoms with van der Waals surface area (Å²) in [5.41, 5.74) is 8.14. The fourth-order valence-corrected chi connectivity index (χ4v) is 2.81. The molecule has 1 aromatic carbocycles. The van der Waals surface area contributed by atoms with Crippen molar-refractivity contribution in [2.24, 2.45) is 5.92 Å². The number of hydrogen-bond donors (Lipinski definition) is 1. The Morgan fingerprint density at radius 2 is 2.06 bits per heavy atom. The van der Waals surface area contributed by atoms with E-state index in [4.69, 9.17) is 5.73 Å². The Kier molecular flexibility index (Phi) is 4.06. The van der Waals surface area contributed by atoms with Crippen LogP contribution in [0, 0.1) is 5.92 Å². The summed E-state index contributed by atoms with van der Waals surface area (Å²) in [6.45, 7) is 7.09. The van der Waals surface area contributed by atoms with Crippen LogP contribution in [0.25, 0.3) is 0 Å². The minimum Gasteiger partial charge on any atom is -0.399 e. The standard InChI is InChI=1S/C15H24N2/c1-3-15(13-5-4-6-14(16)11-13)17-9-7-12(2)8-10-17/h4-6,11-12,15H,3,7-10,16H2,1-2H3. The molecule has 2 N–H and O–H groups in total. The van der Waals surface area contributed by atoms with E-state index in [-0.39, 0.29) is 0 Å². The monoisotopic (exact) mass is 232 g/mol. The molecule has 0 aliphatic carbocycles. The van der Waals surface area contributed by atoms with Crippen molar-refractivity contribution in [3.05, 3.63) is 29.8 Å². The van der Waals surface area contributed by atoms with E-state index in [0.29, 0.717) is 6.04 Å². The number of anilines is 1. The van der Waals surface area contributed by atoms with Crippen LogP contribution in [0.2, 0.25) is 0 Å². The van der Waals surface area contributed by atoms with Crippen LogP contribution < -0.4 is 5.73 Å². The number of nitrogens with two attached hydrogens (primary N) is 1. The molecule has 1 aliphatic heterocycles. The molecule has 0 aromatic heterocycles. The third-order valence-electron chi connectivity index (χ3n) is 3.94. The van der Waals surface area contributed by atoms with Gasteiger partial charge in [0.05, 0.1) is 0 Å². The van der Waals surface area contributed by atoms with Gasteiger partial charge in [0.2, 0.25) is 0 Å².